The van der Waals surface area contributed by atoms with E-state index in [9.17, 15) is 0 Å². The lowest BCUT2D eigenvalue weighted by Crippen LogP contribution is -2.63. The Kier molecular flexibility index (Phi) is 6.97. The molecule has 1 N–H and O–H groups in total. The normalized spacial score (nSPS) is 26.0. The van der Waals surface area contributed by atoms with Crippen molar-refractivity contribution in [2.45, 2.75) is 77.3 Å². The zero-order valence-electron chi connectivity index (χ0n) is 14.5. The van der Waals surface area contributed by atoms with Crippen LogP contribution in [0.4, 0.5) is 0 Å². The number of ether oxygens (including phenoxy) is 1. The van der Waals surface area contributed by atoms with Gasteiger partial charge in [-0.15, -0.1) is 0 Å². The van der Waals surface area contributed by atoms with Gasteiger partial charge in [0.2, 0.25) is 0 Å². The third kappa shape index (κ3) is 5.22. The zero-order valence-corrected chi connectivity index (χ0v) is 14.5. The molecule has 0 amide bonds. The molecule has 3 nitrogen and oxygen atoms in total. The molecule has 2 aliphatic rings. The van der Waals surface area contributed by atoms with E-state index < -0.39 is 0 Å². The van der Waals surface area contributed by atoms with Gasteiger partial charge in [0.1, 0.15) is 0 Å². The molecule has 2 fully saturated rings. The molecule has 21 heavy (non-hydrogen) atoms. The summed E-state index contributed by atoms with van der Waals surface area (Å²) >= 11 is 0. The molecule has 1 spiro atoms. The van der Waals surface area contributed by atoms with Crippen molar-refractivity contribution >= 4 is 0 Å². The van der Waals surface area contributed by atoms with Gasteiger partial charge in [-0.1, -0.05) is 40.0 Å². The zero-order chi connectivity index (χ0) is 15.1. The van der Waals surface area contributed by atoms with Crippen LogP contribution in [0.2, 0.25) is 0 Å². The van der Waals surface area contributed by atoms with Crippen LogP contribution in [0.1, 0.15) is 65.7 Å². The maximum Gasteiger partial charge on any atom is 0.0593 e. The number of rotatable bonds is 8. The van der Waals surface area contributed by atoms with E-state index in [2.05, 4.69) is 31.0 Å². The van der Waals surface area contributed by atoms with Gasteiger partial charge in [0, 0.05) is 37.8 Å². The molecule has 1 aliphatic carbocycles. The van der Waals surface area contributed by atoms with E-state index in [0.717, 1.165) is 31.7 Å². The molecule has 1 heterocycles. The Morgan fingerprint density at radius 2 is 2.00 bits per heavy atom. The van der Waals surface area contributed by atoms with Gasteiger partial charge in [0.05, 0.1) is 6.61 Å². The lowest BCUT2D eigenvalue weighted by atomic mass is 9.91. The highest BCUT2D eigenvalue weighted by molar-refractivity contribution is 5.00. The van der Waals surface area contributed by atoms with Gasteiger partial charge in [0.25, 0.3) is 0 Å². The molecule has 124 valence electrons. The van der Waals surface area contributed by atoms with Crippen molar-refractivity contribution in [1.29, 1.82) is 0 Å². The highest BCUT2D eigenvalue weighted by Crippen LogP contribution is 2.33. The van der Waals surface area contributed by atoms with Crippen molar-refractivity contribution in [3.05, 3.63) is 0 Å². The Morgan fingerprint density at radius 1 is 1.24 bits per heavy atom. The summed E-state index contributed by atoms with van der Waals surface area (Å²) in [5.74, 6) is 0.749. The third-order valence-corrected chi connectivity index (χ3v) is 5.28. The number of hydrogen-bond acceptors (Lipinski definition) is 3. The maximum absolute atomic E-state index is 5.86. The van der Waals surface area contributed by atoms with Gasteiger partial charge in [0.15, 0.2) is 0 Å². The summed E-state index contributed by atoms with van der Waals surface area (Å²) in [6.45, 7) is 12.2. The average Bonchev–Trinajstić information content (AvgIpc) is 2.89. The quantitative estimate of drug-likeness (QED) is 0.695. The average molecular weight is 296 g/mol. The minimum Gasteiger partial charge on any atom is -0.380 e. The Labute approximate surface area is 131 Å². The first kappa shape index (κ1) is 17.2. The van der Waals surface area contributed by atoms with E-state index >= 15 is 0 Å². The molecular formula is C18H36N2O. The van der Waals surface area contributed by atoms with Crippen LogP contribution < -0.4 is 5.32 Å². The first-order chi connectivity index (χ1) is 10.2. The molecule has 3 heteroatoms. The molecular weight excluding hydrogens is 260 g/mol. The third-order valence-electron chi connectivity index (χ3n) is 5.28. The largest absolute Gasteiger partial charge is 0.380 e. The summed E-state index contributed by atoms with van der Waals surface area (Å²) in [6.07, 6.45) is 9.34. The van der Waals surface area contributed by atoms with Crippen LogP contribution >= 0.6 is 0 Å². The molecule has 0 aromatic heterocycles. The van der Waals surface area contributed by atoms with Crippen LogP contribution in [-0.4, -0.2) is 49.3 Å². The van der Waals surface area contributed by atoms with E-state index in [0.29, 0.717) is 5.54 Å². The molecule has 0 aromatic carbocycles. The predicted molar refractivity (Wildman–Crippen MR) is 89.7 cm³/mol. The van der Waals surface area contributed by atoms with Gasteiger partial charge in [-0.25, -0.2) is 0 Å². The van der Waals surface area contributed by atoms with Crippen molar-refractivity contribution in [3.8, 4) is 0 Å². The Morgan fingerprint density at radius 3 is 2.67 bits per heavy atom. The van der Waals surface area contributed by atoms with Crippen LogP contribution in [0.25, 0.3) is 0 Å². The minimum atomic E-state index is 0.433. The van der Waals surface area contributed by atoms with Crippen molar-refractivity contribution in [2.24, 2.45) is 5.92 Å². The Bertz CT molecular complexity index is 287. The topological polar surface area (TPSA) is 24.5 Å². The van der Waals surface area contributed by atoms with Crippen LogP contribution in [0, 0.1) is 5.92 Å². The predicted octanol–water partition coefficient (Wildman–Crippen LogP) is 3.44. The van der Waals surface area contributed by atoms with Crippen molar-refractivity contribution in [3.63, 3.8) is 0 Å². The number of nitrogens with one attached hydrogen (secondary N) is 1. The summed E-state index contributed by atoms with van der Waals surface area (Å²) in [7, 11) is 0. The van der Waals surface area contributed by atoms with Gasteiger partial charge in [-0.05, 0) is 31.6 Å². The minimum absolute atomic E-state index is 0.433. The van der Waals surface area contributed by atoms with E-state index in [4.69, 9.17) is 4.74 Å². The molecule has 1 aliphatic heterocycles. The van der Waals surface area contributed by atoms with Crippen LogP contribution in [0.3, 0.4) is 0 Å². The molecule has 0 bridgehead atoms. The van der Waals surface area contributed by atoms with E-state index in [1.54, 1.807) is 0 Å². The number of nitrogens with zero attached hydrogens (tertiary/aromatic N) is 1. The molecule has 0 radical (unpaired) electrons. The second-order valence-electron chi connectivity index (χ2n) is 7.58. The van der Waals surface area contributed by atoms with E-state index in [-0.39, 0.29) is 0 Å². The molecule has 2 rings (SSSR count). The van der Waals surface area contributed by atoms with Gasteiger partial charge in [-0.2, -0.15) is 0 Å². The van der Waals surface area contributed by atoms with Crippen LogP contribution in [0.15, 0.2) is 0 Å². The number of hydrogen-bond donors (Lipinski definition) is 1. The summed E-state index contributed by atoms with van der Waals surface area (Å²) in [6, 6.07) is 0.718. The summed E-state index contributed by atoms with van der Waals surface area (Å²) in [5, 5.41) is 3.89. The number of piperazine rings is 1. The van der Waals surface area contributed by atoms with Crippen LogP contribution in [0.5, 0.6) is 0 Å². The highest BCUT2D eigenvalue weighted by atomic mass is 16.5. The Hall–Kier alpha value is -0.120. The highest BCUT2D eigenvalue weighted by Gasteiger charge is 2.40. The first-order valence-corrected chi connectivity index (χ1v) is 9.22. The molecule has 1 saturated heterocycles. The summed E-state index contributed by atoms with van der Waals surface area (Å²) in [5.41, 5.74) is 0.433. The van der Waals surface area contributed by atoms with Crippen LogP contribution in [-0.2, 0) is 4.74 Å². The van der Waals surface area contributed by atoms with Crippen molar-refractivity contribution < 1.29 is 4.74 Å². The van der Waals surface area contributed by atoms with E-state index in [1.807, 2.05) is 0 Å². The van der Waals surface area contributed by atoms with Gasteiger partial charge < -0.3 is 10.1 Å². The lowest BCUT2D eigenvalue weighted by Gasteiger charge is -2.46. The monoisotopic (exact) mass is 296 g/mol. The van der Waals surface area contributed by atoms with Crippen molar-refractivity contribution in [1.82, 2.24) is 10.2 Å². The van der Waals surface area contributed by atoms with E-state index in [1.165, 1.54) is 58.0 Å². The van der Waals surface area contributed by atoms with Gasteiger partial charge in [-0.3, -0.25) is 4.90 Å². The second-order valence-corrected chi connectivity index (χ2v) is 7.58. The first-order valence-electron chi connectivity index (χ1n) is 9.22. The molecule has 1 unspecified atom stereocenters. The standard InChI is InChI=1S/C18H36N2O/c1-4-7-17-14-19-18(9-5-6-10-18)15-20(17)11-13-21-12-8-16(2)3/h16-17,19H,4-15H2,1-3H3. The Balaban J connectivity index is 1.77. The molecule has 1 saturated carbocycles. The maximum atomic E-state index is 5.86. The fourth-order valence-corrected chi connectivity index (χ4v) is 3.91. The smallest absolute Gasteiger partial charge is 0.0593 e. The SMILES string of the molecule is CCCC1CNC2(CCCC2)CN1CCOCCC(C)C. The second kappa shape index (κ2) is 8.50. The molecule has 1 atom stereocenters. The van der Waals surface area contributed by atoms with Gasteiger partial charge >= 0.3 is 0 Å². The lowest BCUT2D eigenvalue weighted by molar-refractivity contribution is 0.0363. The summed E-state index contributed by atoms with van der Waals surface area (Å²) in [4.78, 5) is 2.72. The fourth-order valence-electron chi connectivity index (χ4n) is 3.91. The summed E-state index contributed by atoms with van der Waals surface area (Å²) < 4.78 is 5.86. The fraction of sp³-hybridized carbons (Fsp3) is 1.00. The molecule has 0 aromatic rings. The van der Waals surface area contributed by atoms with Crippen molar-refractivity contribution in [2.75, 3.05) is 32.8 Å².